The quantitative estimate of drug-likeness (QED) is 0.438. The van der Waals surface area contributed by atoms with Gasteiger partial charge in [-0.1, -0.05) is 0 Å². The Kier molecular flexibility index (Phi) is 1.17. The fourth-order valence-electron chi connectivity index (χ4n) is 0.482. The summed E-state index contributed by atoms with van der Waals surface area (Å²) in [4.78, 5) is 1.37. The first-order chi connectivity index (χ1) is 2.89. The second kappa shape index (κ2) is 1.67. The van der Waals surface area contributed by atoms with Crippen LogP contribution in [0.4, 0.5) is 0 Å². The normalized spacial score (nSPS) is 21.2. The van der Waals surface area contributed by atoms with E-state index in [1.165, 1.54) is 10.7 Å². The van der Waals surface area contributed by atoms with Gasteiger partial charge in [0.2, 0.25) is 0 Å². The summed E-state index contributed by atoms with van der Waals surface area (Å²) in [6.45, 7) is 3.27. The zero-order chi connectivity index (χ0) is 4.41. The van der Waals surface area contributed by atoms with Gasteiger partial charge in [-0.05, 0) is 6.92 Å². The van der Waals surface area contributed by atoms with Gasteiger partial charge in [0.1, 0.15) is 0 Å². The highest BCUT2D eigenvalue weighted by Gasteiger charge is 1.93. The van der Waals surface area contributed by atoms with Crippen molar-refractivity contribution in [1.29, 1.82) is 0 Å². The molecule has 0 atom stereocenters. The maximum Gasteiger partial charge on any atom is 0.0373 e. The van der Waals surface area contributed by atoms with Crippen LogP contribution in [0.2, 0.25) is 0 Å². The van der Waals surface area contributed by atoms with Crippen LogP contribution in [0.15, 0.2) is 0 Å². The molecule has 0 saturated heterocycles. The molecule has 1 radical (unpaired) electrons. The van der Waals surface area contributed by atoms with E-state index in [2.05, 4.69) is 12.2 Å². The molecule has 1 N–H and O–H groups in total. The van der Waals surface area contributed by atoms with Crippen LogP contribution in [0, 0.1) is 0 Å². The fraction of sp³-hybridized carbons (Fsp3) is 0.750. The van der Waals surface area contributed by atoms with Crippen molar-refractivity contribution in [3.05, 3.63) is 0 Å². The third-order valence-electron chi connectivity index (χ3n) is 0.795. The van der Waals surface area contributed by atoms with Crippen LogP contribution < -0.4 is 5.32 Å². The molecule has 0 fully saturated rings. The highest BCUT2D eigenvalue weighted by atomic mass is 32.1. The molecule has 0 spiro atoms. The van der Waals surface area contributed by atoms with E-state index in [1.807, 2.05) is 11.4 Å². The zero-order valence-corrected chi connectivity index (χ0v) is 4.64. The van der Waals surface area contributed by atoms with Crippen LogP contribution in [0.5, 0.6) is 0 Å². The predicted molar refractivity (Wildman–Crippen MR) is 31.1 cm³/mol. The molecule has 0 aromatic rings. The lowest BCUT2D eigenvalue weighted by molar-refractivity contribution is 1.01. The zero-order valence-electron chi connectivity index (χ0n) is 3.82. The molecule has 0 bridgehead atoms. The standard InChI is InChI=1S/C4H8NS/c1-4-5-2-3-6-4/h5H,2-3H2,1H3. The SMILES string of the molecule is CC1=[S]CCN1. The first-order valence-corrected chi connectivity index (χ1v) is 3.08. The molecule has 0 aromatic heterocycles. The molecule has 35 valence electrons. The Balaban J connectivity index is 2.45. The van der Waals surface area contributed by atoms with Gasteiger partial charge in [-0.25, -0.2) is 0 Å². The summed E-state index contributed by atoms with van der Waals surface area (Å²) in [5.74, 6) is 1.26. The molecule has 1 nitrogen and oxygen atoms in total. The highest BCUT2D eigenvalue weighted by Crippen LogP contribution is 1.92. The summed E-state index contributed by atoms with van der Waals surface area (Å²) >= 11 is 1.90. The molecule has 1 heterocycles. The van der Waals surface area contributed by atoms with Crippen LogP contribution in [0.3, 0.4) is 0 Å². The Morgan fingerprint density at radius 1 is 1.83 bits per heavy atom. The van der Waals surface area contributed by atoms with Crippen molar-refractivity contribution in [2.75, 3.05) is 12.3 Å². The minimum atomic E-state index is 1.16. The first-order valence-electron chi connectivity index (χ1n) is 2.10. The van der Waals surface area contributed by atoms with E-state index in [1.54, 1.807) is 0 Å². The number of hydrogen-bond acceptors (Lipinski definition) is 1. The summed E-state index contributed by atoms with van der Waals surface area (Å²) in [6.07, 6.45) is 0. The number of rotatable bonds is 0. The van der Waals surface area contributed by atoms with E-state index >= 15 is 0 Å². The van der Waals surface area contributed by atoms with Gasteiger partial charge in [0.15, 0.2) is 0 Å². The Morgan fingerprint density at radius 2 is 2.67 bits per heavy atom. The van der Waals surface area contributed by atoms with Crippen molar-refractivity contribution < 1.29 is 0 Å². The van der Waals surface area contributed by atoms with Crippen LogP contribution in [0.25, 0.3) is 0 Å². The lowest BCUT2D eigenvalue weighted by atomic mass is 10.7. The molecule has 0 saturated carbocycles. The van der Waals surface area contributed by atoms with Gasteiger partial charge < -0.3 is 0 Å². The molecule has 0 aromatic carbocycles. The van der Waals surface area contributed by atoms with Crippen LogP contribution in [0.1, 0.15) is 6.92 Å². The molecule has 1 aliphatic heterocycles. The van der Waals surface area contributed by atoms with Gasteiger partial charge in [-0.15, -0.1) is 0 Å². The minimum Gasteiger partial charge on any atom is -0.283 e. The summed E-state index contributed by atoms with van der Waals surface area (Å²) in [6, 6.07) is 0. The average Bonchev–Trinajstić information content (AvgIpc) is 1.86. The third-order valence-corrected chi connectivity index (χ3v) is 1.78. The highest BCUT2D eigenvalue weighted by molar-refractivity contribution is 7.98. The minimum absolute atomic E-state index is 1.16. The predicted octanol–water partition coefficient (Wildman–Crippen LogP) is 0.473. The van der Waals surface area contributed by atoms with Gasteiger partial charge in [0, 0.05) is 17.3 Å². The van der Waals surface area contributed by atoms with Crippen LogP contribution in [-0.2, 0) is 0 Å². The van der Waals surface area contributed by atoms with Crippen LogP contribution >= 0.6 is 11.4 Å². The first kappa shape index (κ1) is 4.22. The van der Waals surface area contributed by atoms with Crippen molar-refractivity contribution in [3.63, 3.8) is 0 Å². The second-order valence-corrected chi connectivity index (χ2v) is 2.64. The summed E-state index contributed by atoms with van der Waals surface area (Å²) in [5, 5.41) is 3.20. The summed E-state index contributed by atoms with van der Waals surface area (Å²) in [5.41, 5.74) is 0. The Bertz CT molecular complexity index is 77.6. The molecule has 0 aliphatic carbocycles. The smallest absolute Gasteiger partial charge is 0.0373 e. The van der Waals surface area contributed by atoms with E-state index in [0.717, 1.165) is 6.54 Å². The van der Waals surface area contributed by atoms with Crippen molar-refractivity contribution in [3.8, 4) is 0 Å². The summed E-state index contributed by atoms with van der Waals surface area (Å²) in [7, 11) is 0. The summed E-state index contributed by atoms with van der Waals surface area (Å²) < 4.78 is 0. The third kappa shape index (κ3) is 0.758. The fourth-order valence-corrected chi connectivity index (χ4v) is 1.20. The van der Waals surface area contributed by atoms with Gasteiger partial charge >= 0.3 is 0 Å². The van der Waals surface area contributed by atoms with Crippen molar-refractivity contribution in [2.45, 2.75) is 6.92 Å². The lowest BCUT2D eigenvalue weighted by Crippen LogP contribution is -2.13. The molecular weight excluding hydrogens is 94.1 g/mol. The molecule has 6 heavy (non-hydrogen) atoms. The van der Waals surface area contributed by atoms with E-state index in [0.29, 0.717) is 0 Å². The molecular formula is C4H8NS. The van der Waals surface area contributed by atoms with Crippen molar-refractivity contribution >= 4 is 16.3 Å². The van der Waals surface area contributed by atoms with E-state index in [9.17, 15) is 0 Å². The van der Waals surface area contributed by atoms with Gasteiger partial charge in [0.05, 0.1) is 0 Å². The second-order valence-electron chi connectivity index (χ2n) is 1.33. The Morgan fingerprint density at radius 3 is 2.83 bits per heavy atom. The Labute approximate surface area is 41.7 Å². The van der Waals surface area contributed by atoms with Crippen molar-refractivity contribution in [2.24, 2.45) is 0 Å². The molecule has 1 rings (SSSR count). The molecule has 1 aliphatic rings. The molecule has 0 amide bonds. The molecule has 0 unspecified atom stereocenters. The van der Waals surface area contributed by atoms with E-state index in [-0.39, 0.29) is 0 Å². The topological polar surface area (TPSA) is 12.0 Å². The number of nitrogens with one attached hydrogen (secondary N) is 1. The average molecular weight is 102 g/mol. The van der Waals surface area contributed by atoms with E-state index < -0.39 is 0 Å². The monoisotopic (exact) mass is 102 g/mol. The largest absolute Gasteiger partial charge is 0.283 e. The van der Waals surface area contributed by atoms with Gasteiger partial charge in [-0.3, -0.25) is 5.32 Å². The maximum atomic E-state index is 3.20. The maximum absolute atomic E-state index is 3.20. The van der Waals surface area contributed by atoms with Gasteiger partial charge in [-0.2, -0.15) is 11.4 Å². The van der Waals surface area contributed by atoms with Gasteiger partial charge in [0.25, 0.3) is 0 Å². The Hall–Kier alpha value is 0.0500. The van der Waals surface area contributed by atoms with E-state index in [4.69, 9.17) is 0 Å². The molecule has 2 heteroatoms. The van der Waals surface area contributed by atoms with Crippen LogP contribution in [-0.4, -0.2) is 17.3 Å². The number of hydrogen-bond donors (Lipinski definition) is 1. The lowest BCUT2D eigenvalue weighted by Gasteiger charge is -1.83. The van der Waals surface area contributed by atoms with Crippen molar-refractivity contribution in [1.82, 2.24) is 5.32 Å².